The largest absolute Gasteiger partial charge is 0.380 e. The zero-order valence-electron chi connectivity index (χ0n) is 15.1. The molecule has 1 heterocycles. The van der Waals surface area contributed by atoms with Crippen LogP contribution in [0.4, 0.5) is 0 Å². The maximum Gasteiger partial charge on any atom is 0.380 e. The number of rotatable bonds is 6. The summed E-state index contributed by atoms with van der Waals surface area (Å²) in [5, 5.41) is 10.7. The van der Waals surface area contributed by atoms with Crippen LogP contribution >= 0.6 is 11.3 Å². The fourth-order valence-electron chi connectivity index (χ4n) is 2.16. The molecule has 0 radical (unpaired) electrons. The second-order valence-electron chi connectivity index (χ2n) is 7.03. The summed E-state index contributed by atoms with van der Waals surface area (Å²) in [6.45, 7) is 7.46. The number of aromatic nitrogens is 1. The smallest absolute Gasteiger partial charge is 0.371 e. The van der Waals surface area contributed by atoms with E-state index >= 15 is 0 Å². The number of benzene rings is 1. The van der Waals surface area contributed by atoms with Gasteiger partial charge in [0.1, 0.15) is 10.8 Å². The summed E-state index contributed by atoms with van der Waals surface area (Å²) >= 11 is 1.49. The summed E-state index contributed by atoms with van der Waals surface area (Å²) in [6.07, 6.45) is 0.518. The highest BCUT2D eigenvalue weighted by molar-refractivity contribution is 7.84. The van der Waals surface area contributed by atoms with E-state index in [0.29, 0.717) is 6.42 Å². The van der Waals surface area contributed by atoms with Gasteiger partial charge >= 0.3 is 10.3 Å². The van der Waals surface area contributed by atoms with Crippen LogP contribution in [0.5, 0.6) is 5.75 Å². The van der Waals surface area contributed by atoms with Crippen LogP contribution in [0.25, 0.3) is 0 Å². The minimum atomic E-state index is -4.05. The quantitative estimate of drug-likeness (QED) is 0.778. The van der Waals surface area contributed by atoms with Crippen molar-refractivity contribution in [1.82, 2.24) is 10.3 Å². The minimum Gasteiger partial charge on any atom is -0.371 e. The predicted octanol–water partition coefficient (Wildman–Crippen LogP) is 2.48. The third-order valence-corrected chi connectivity index (χ3v) is 5.00. The molecule has 1 aromatic carbocycles. The number of carbonyl (C=O) groups excluding carboxylic acids is 1. The molecule has 2 aromatic rings. The Hall–Kier alpha value is -1.97. The standard InChI is InChI=1S/C17H23N3O4S2/c1-11-10-25-15(19-11)14(20-16(21)17(2,3)4)9-12-5-7-13(8-6-12)24-26(18,22)23/h5-8,10,14H,9H2,1-4H3,(H,20,21)(H2,18,22,23). The highest BCUT2D eigenvalue weighted by Gasteiger charge is 2.26. The number of nitrogens with one attached hydrogen (secondary N) is 1. The number of nitrogens with two attached hydrogens (primary N) is 1. The first-order valence-corrected chi connectivity index (χ1v) is 10.3. The first kappa shape index (κ1) is 20.3. The van der Waals surface area contributed by atoms with Crippen molar-refractivity contribution in [3.05, 3.63) is 45.9 Å². The number of hydrogen-bond acceptors (Lipinski definition) is 6. The van der Waals surface area contributed by atoms with E-state index < -0.39 is 15.7 Å². The second kappa shape index (κ2) is 7.73. The molecule has 142 valence electrons. The fourth-order valence-corrected chi connectivity index (χ4v) is 3.38. The zero-order chi connectivity index (χ0) is 19.5. The van der Waals surface area contributed by atoms with E-state index in [0.717, 1.165) is 16.3 Å². The number of thiazole rings is 1. The van der Waals surface area contributed by atoms with Gasteiger partial charge in [-0.1, -0.05) is 32.9 Å². The summed E-state index contributed by atoms with van der Waals surface area (Å²) in [5.41, 5.74) is 1.29. The first-order valence-electron chi connectivity index (χ1n) is 7.98. The number of hydrogen-bond donors (Lipinski definition) is 2. The van der Waals surface area contributed by atoms with Crippen LogP contribution in [-0.2, 0) is 21.5 Å². The Labute approximate surface area is 157 Å². The summed E-state index contributed by atoms with van der Waals surface area (Å²) in [4.78, 5) is 16.9. The van der Waals surface area contributed by atoms with E-state index in [2.05, 4.69) is 14.5 Å². The number of carbonyl (C=O) groups is 1. The second-order valence-corrected chi connectivity index (χ2v) is 9.07. The molecule has 1 amide bonds. The Bertz CT molecular complexity index is 868. The summed E-state index contributed by atoms with van der Waals surface area (Å²) in [6, 6.07) is 6.24. The van der Waals surface area contributed by atoms with Crippen LogP contribution in [0, 0.1) is 12.3 Å². The van der Waals surface area contributed by atoms with Crippen molar-refractivity contribution >= 4 is 27.5 Å². The van der Waals surface area contributed by atoms with Gasteiger partial charge in [-0.3, -0.25) is 4.79 Å². The first-order chi connectivity index (χ1) is 11.9. The van der Waals surface area contributed by atoms with Crippen molar-refractivity contribution in [2.24, 2.45) is 10.6 Å². The summed E-state index contributed by atoms with van der Waals surface area (Å²) in [5.74, 6) is 0.0705. The minimum absolute atomic E-state index is 0.0652. The van der Waals surface area contributed by atoms with E-state index in [1.807, 2.05) is 33.1 Å². The molecule has 0 saturated carbocycles. The predicted molar refractivity (Wildman–Crippen MR) is 101 cm³/mol. The van der Waals surface area contributed by atoms with Gasteiger partial charge in [0.2, 0.25) is 5.91 Å². The molecule has 0 spiro atoms. The van der Waals surface area contributed by atoms with Crippen LogP contribution in [0.15, 0.2) is 29.6 Å². The van der Waals surface area contributed by atoms with Crippen molar-refractivity contribution in [2.45, 2.75) is 40.2 Å². The highest BCUT2D eigenvalue weighted by atomic mass is 32.2. The van der Waals surface area contributed by atoms with Gasteiger partial charge in [-0.15, -0.1) is 11.3 Å². The van der Waals surface area contributed by atoms with E-state index in [1.54, 1.807) is 12.1 Å². The molecule has 0 fully saturated rings. The SMILES string of the molecule is Cc1csc(C(Cc2ccc(OS(N)(=O)=O)cc2)NC(=O)C(C)(C)C)n1. The van der Waals surface area contributed by atoms with Gasteiger partial charge in [-0.2, -0.15) is 13.6 Å². The Morgan fingerprint density at radius 2 is 1.92 bits per heavy atom. The van der Waals surface area contributed by atoms with Crippen LogP contribution in [0.2, 0.25) is 0 Å². The lowest BCUT2D eigenvalue weighted by Gasteiger charge is -2.23. The summed E-state index contributed by atoms with van der Waals surface area (Å²) in [7, 11) is -4.05. The topological polar surface area (TPSA) is 111 Å². The van der Waals surface area contributed by atoms with Crippen LogP contribution in [0.1, 0.15) is 43.1 Å². The number of amides is 1. The molecule has 1 unspecified atom stereocenters. The van der Waals surface area contributed by atoms with Crippen LogP contribution in [0.3, 0.4) is 0 Å². The maximum atomic E-state index is 12.4. The van der Waals surface area contributed by atoms with Crippen molar-refractivity contribution in [3.8, 4) is 5.75 Å². The van der Waals surface area contributed by atoms with Crippen molar-refractivity contribution in [3.63, 3.8) is 0 Å². The molecule has 7 nitrogen and oxygen atoms in total. The molecule has 1 aromatic heterocycles. The van der Waals surface area contributed by atoms with Gasteiger partial charge in [-0.05, 0) is 31.0 Å². The average molecular weight is 398 g/mol. The van der Waals surface area contributed by atoms with Crippen molar-refractivity contribution in [2.75, 3.05) is 0 Å². The molecule has 2 rings (SSSR count). The molecule has 3 N–H and O–H groups in total. The van der Waals surface area contributed by atoms with E-state index in [4.69, 9.17) is 5.14 Å². The lowest BCUT2D eigenvalue weighted by atomic mass is 9.94. The van der Waals surface area contributed by atoms with Crippen molar-refractivity contribution in [1.29, 1.82) is 0 Å². The number of nitrogens with zero attached hydrogens (tertiary/aromatic N) is 1. The monoisotopic (exact) mass is 397 g/mol. The Morgan fingerprint density at radius 1 is 1.31 bits per heavy atom. The molecule has 0 aliphatic rings. The van der Waals surface area contributed by atoms with Gasteiger partial charge in [-0.25, -0.2) is 4.98 Å². The lowest BCUT2D eigenvalue weighted by Crippen LogP contribution is -2.38. The third kappa shape index (κ3) is 6.08. The molecular weight excluding hydrogens is 374 g/mol. The Kier molecular flexibility index (Phi) is 6.05. The van der Waals surface area contributed by atoms with Gasteiger partial charge in [0.15, 0.2) is 0 Å². The molecule has 0 bridgehead atoms. The number of aryl methyl sites for hydroxylation is 1. The van der Waals surface area contributed by atoms with E-state index in [9.17, 15) is 13.2 Å². The van der Waals surface area contributed by atoms with Gasteiger partial charge in [0, 0.05) is 16.5 Å². The molecule has 0 saturated heterocycles. The highest BCUT2D eigenvalue weighted by Crippen LogP contribution is 2.25. The fraction of sp³-hybridized carbons (Fsp3) is 0.412. The molecule has 1 atom stereocenters. The van der Waals surface area contributed by atoms with E-state index in [1.165, 1.54) is 23.5 Å². The van der Waals surface area contributed by atoms with Gasteiger partial charge in [0.05, 0.1) is 6.04 Å². The molecular formula is C17H23N3O4S2. The third-order valence-electron chi connectivity index (χ3n) is 3.50. The van der Waals surface area contributed by atoms with Crippen LogP contribution in [-0.4, -0.2) is 19.3 Å². The van der Waals surface area contributed by atoms with Crippen LogP contribution < -0.4 is 14.6 Å². The summed E-state index contributed by atoms with van der Waals surface area (Å²) < 4.78 is 26.6. The average Bonchev–Trinajstić information content (AvgIpc) is 2.92. The van der Waals surface area contributed by atoms with Crippen molar-refractivity contribution < 1.29 is 17.4 Å². The zero-order valence-corrected chi connectivity index (χ0v) is 16.8. The van der Waals surface area contributed by atoms with Gasteiger partial charge < -0.3 is 9.50 Å². The Balaban J connectivity index is 2.19. The molecule has 0 aliphatic heterocycles. The van der Waals surface area contributed by atoms with E-state index in [-0.39, 0.29) is 17.7 Å². The maximum absolute atomic E-state index is 12.4. The molecule has 9 heteroatoms. The normalized spacial score (nSPS) is 13.3. The Morgan fingerprint density at radius 3 is 2.38 bits per heavy atom. The molecule has 0 aliphatic carbocycles. The lowest BCUT2D eigenvalue weighted by molar-refractivity contribution is -0.129. The van der Waals surface area contributed by atoms with Gasteiger partial charge in [0.25, 0.3) is 0 Å². The molecule has 26 heavy (non-hydrogen) atoms.